The van der Waals surface area contributed by atoms with Crippen LogP contribution >= 0.6 is 0 Å². The van der Waals surface area contributed by atoms with Crippen molar-refractivity contribution in [1.82, 2.24) is 4.90 Å². The molecule has 2 N–H and O–H groups in total. The maximum absolute atomic E-state index is 6.50. The van der Waals surface area contributed by atoms with E-state index in [1.165, 1.54) is 12.8 Å². The highest BCUT2D eigenvalue weighted by Crippen LogP contribution is 2.38. The van der Waals surface area contributed by atoms with Crippen LogP contribution in [0.2, 0.25) is 0 Å². The lowest BCUT2D eigenvalue weighted by atomic mass is 9.83. The van der Waals surface area contributed by atoms with E-state index in [4.69, 9.17) is 15.2 Å². The lowest BCUT2D eigenvalue weighted by Gasteiger charge is -2.47. The summed E-state index contributed by atoms with van der Waals surface area (Å²) in [5.74, 6) is 0.308. The van der Waals surface area contributed by atoms with Gasteiger partial charge in [0, 0.05) is 37.5 Å². The van der Waals surface area contributed by atoms with Gasteiger partial charge in [-0.1, -0.05) is 27.7 Å². The highest BCUT2D eigenvalue weighted by molar-refractivity contribution is 4.96. The molecule has 0 radical (unpaired) electrons. The summed E-state index contributed by atoms with van der Waals surface area (Å²) in [6.07, 6.45) is 5.24. The van der Waals surface area contributed by atoms with Crippen molar-refractivity contribution in [2.45, 2.75) is 83.7 Å². The van der Waals surface area contributed by atoms with E-state index in [-0.39, 0.29) is 11.8 Å². The Morgan fingerprint density at radius 2 is 1.81 bits per heavy atom. The maximum Gasteiger partial charge on any atom is 0.170 e. The second-order valence-corrected chi connectivity index (χ2v) is 7.14. The fourth-order valence-electron chi connectivity index (χ4n) is 4.01. The van der Waals surface area contributed by atoms with Crippen molar-refractivity contribution in [2.75, 3.05) is 19.8 Å². The monoisotopic (exact) mass is 298 g/mol. The first kappa shape index (κ1) is 17.2. The molecular formula is C17H34N2O2. The Bertz CT molecular complexity index is 312. The van der Waals surface area contributed by atoms with Crippen molar-refractivity contribution >= 4 is 0 Å². The van der Waals surface area contributed by atoms with Gasteiger partial charge in [0.15, 0.2) is 5.79 Å². The number of hydrogen-bond acceptors (Lipinski definition) is 4. The van der Waals surface area contributed by atoms with Crippen LogP contribution in [0.25, 0.3) is 0 Å². The van der Waals surface area contributed by atoms with Crippen LogP contribution in [0.15, 0.2) is 0 Å². The summed E-state index contributed by atoms with van der Waals surface area (Å²) >= 11 is 0. The van der Waals surface area contributed by atoms with Gasteiger partial charge in [-0.25, -0.2) is 0 Å². The van der Waals surface area contributed by atoms with Crippen molar-refractivity contribution in [3.8, 4) is 0 Å². The third kappa shape index (κ3) is 3.98. The van der Waals surface area contributed by atoms with E-state index < -0.39 is 0 Å². The normalized spacial score (nSPS) is 29.1. The van der Waals surface area contributed by atoms with Crippen LogP contribution in [0.4, 0.5) is 0 Å². The first-order chi connectivity index (χ1) is 10.0. The number of nitrogens with zero attached hydrogens (tertiary/aromatic N) is 1. The summed E-state index contributed by atoms with van der Waals surface area (Å²) in [5, 5.41) is 0. The van der Waals surface area contributed by atoms with Crippen LogP contribution < -0.4 is 5.73 Å². The molecule has 1 aliphatic carbocycles. The summed E-state index contributed by atoms with van der Waals surface area (Å²) in [7, 11) is 0. The van der Waals surface area contributed by atoms with Crippen LogP contribution in [0.1, 0.15) is 59.8 Å². The van der Waals surface area contributed by atoms with E-state index in [1.807, 2.05) is 0 Å². The minimum Gasteiger partial charge on any atom is -0.347 e. The summed E-state index contributed by atoms with van der Waals surface area (Å²) < 4.78 is 11.9. The fourth-order valence-corrected chi connectivity index (χ4v) is 4.01. The van der Waals surface area contributed by atoms with Gasteiger partial charge in [0.1, 0.15) is 0 Å². The van der Waals surface area contributed by atoms with Crippen LogP contribution in [0.5, 0.6) is 0 Å². The predicted molar refractivity (Wildman–Crippen MR) is 86.2 cm³/mol. The van der Waals surface area contributed by atoms with Gasteiger partial charge >= 0.3 is 0 Å². The van der Waals surface area contributed by atoms with E-state index in [2.05, 4.69) is 32.6 Å². The topological polar surface area (TPSA) is 47.7 Å². The van der Waals surface area contributed by atoms with E-state index >= 15 is 0 Å². The van der Waals surface area contributed by atoms with Crippen molar-refractivity contribution in [1.29, 1.82) is 0 Å². The zero-order valence-corrected chi connectivity index (χ0v) is 14.3. The van der Waals surface area contributed by atoms with Crippen molar-refractivity contribution in [3.63, 3.8) is 0 Å². The molecule has 0 aromatic rings. The third-order valence-corrected chi connectivity index (χ3v) is 5.10. The van der Waals surface area contributed by atoms with Crippen molar-refractivity contribution in [3.05, 3.63) is 0 Å². The molecule has 124 valence electrons. The molecule has 1 saturated heterocycles. The van der Waals surface area contributed by atoms with E-state index in [0.717, 1.165) is 39.0 Å². The van der Waals surface area contributed by atoms with Gasteiger partial charge in [-0.3, -0.25) is 4.90 Å². The number of hydrogen-bond donors (Lipinski definition) is 1. The Hall–Kier alpha value is -0.160. The number of nitrogens with two attached hydrogens (primary N) is 1. The molecule has 0 aromatic carbocycles. The molecular weight excluding hydrogens is 264 g/mol. The highest BCUT2D eigenvalue weighted by Gasteiger charge is 2.46. The number of rotatable bonds is 6. The molecule has 21 heavy (non-hydrogen) atoms. The van der Waals surface area contributed by atoms with Crippen LogP contribution in [0.3, 0.4) is 0 Å². The summed E-state index contributed by atoms with van der Waals surface area (Å²) in [6, 6.07) is 1.23. The molecule has 0 bridgehead atoms. The Morgan fingerprint density at radius 3 is 2.33 bits per heavy atom. The zero-order valence-electron chi connectivity index (χ0n) is 14.3. The highest BCUT2D eigenvalue weighted by atomic mass is 16.7. The molecule has 0 aromatic heterocycles. The van der Waals surface area contributed by atoms with Gasteiger partial charge in [-0.05, 0) is 25.2 Å². The summed E-state index contributed by atoms with van der Waals surface area (Å²) in [6.45, 7) is 11.7. The lowest BCUT2D eigenvalue weighted by molar-refractivity contribution is -0.194. The fraction of sp³-hybridized carbons (Fsp3) is 1.00. The van der Waals surface area contributed by atoms with Crippen LogP contribution in [-0.4, -0.2) is 48.6 Å². The first-order valence-electron chi connectivity index (χ1n) is 8.80. The molecule has 1 saturated carbocycles. The van der Waals surface area contributed by atoms with Gasteiger partial charge in [0.2, 0.25) is 0 Å². The van der Waals surface area contributed by atoms with Crippen molar-refractivity contribution < 1.29 is 9.47 Å². The Morgan fingerprint density at radius 1 is 1.19 bits per heavy atom. The quantitative estimate of drug-likeness (QED) is 0.819. The zero-order chi connectivity index (χ0) is 15.5. The molecule has 1 spiro atoms. The largest absolute Gasteiger partial charge is 0.347 e. The molecule has 4 heteroatoms. The molecule has 2 unspecified atom stereocenters. The summed E-state index contributed by atoms with van der Waals surface area (Å²) in [4.78, 5) is 2.65. The smallest absolute Gasteiger partial charge is 0.170 e. The third-order valence-electron chi connectivity index (χ3n) is 5.10. The van der Waals surface area contributed by atoms with Gasteiger partial charge < -0.3 is 15.2 Å². The van der Waals surface area contributed by atoms with Gasteiger partial charge in [0.25, 0.3) is 0 Å². The molecule has 2 fully saturated rings. The Kier molecular flexibility index (Phi) is 6.06. The van der Waals surface area contributed by atoms with Gasteiger partial charge in [0.05, 0.1) is 13.2 Å². The Balaban J connectivity index is 2.15. The van der Waals surface area contributed by atoms with Crippen molar-refractivity contribution in [2.24, 2.45) is 11.7 Å². The second kappa shape index (κ2) is 7.40. The second-order valence-electron chi connectivity index (χ2n) is 7.14. The molecule has 1 heterocycles. The molecule has 0 amide bonds. The van der Waals surface area contributed by atoms with Gasteiger partial charge in [-0.2, -0.15) is 0 Å². The maximum atomic E-state index is 6.50. The van der Waals surface area contributed by atoms with Crippen LogP contribution in [0, 0.1) is 5.92 Å². The Labute approximate surface area is 130 Å². The first-order valence-corrected chi connectivity index (χ1v) is 8.80. The molecule has 2 aliphatic rings. The molecule has 1 aliphatic heterocycles. The minimum atomic E-state index is -0.345. The molecule has 2 atom stereocenters. The average Bonchev–Trinajstić information content (AvgIpc) is 2.90. The van der Waals surface area contributed by atoms with E-state index in [9.17, 15) is 0 Å². The van der Waals surface area contributed by atoms with Gasteiger partial charge in [-0.15, -0.1) is 0 Å². The number of ether oxygens (including phenoxy) is 2. The average molecular weight is 298 g/mol. The lowest BCUT2D eigenvalue weighted by Crippen LogP contribution is -2.59. The molecule has 2 rings (SSSR count). The van der Waals surface area contributed by atoms with Crippen LogP contribution in [-0.2, 0) is 9.47 Å². The van der Waals surface area contributed by atoms with E-state index in [0.29, 0.717) is 18.0 Å². The molecule has 4 nitrogen and oxygen atoms in total. The standard InChI is InChI=1S/C17H34N2O2/c1-5-14(6-2)19(12-13(3)4)16-11-17(8-7-15(16)18)20-9-10-21-17/h13-16H,5-12,18H2,1-4H3. The minimum absolute atomic E-state index is 0.239. The summed E-state index contributed by atoms with van der Waals surface area (Å²) in [5.41, 5.74) is 6.50. The predicted octanol–water partition coefficient (Wildman–Crippen LogP) is 2.76. The SMILES string of the molecule is CCC(CC)N(CC(C)C)C1CC2(CCC1N)OCCO2. The van der Waals surface area contributed by atoms with E-state index in [1.54, 1.807) is 0 Å².